The van der Waals surface area contributed by atoms with Gasteiger partial charge < -0.3 is 15.0 Å². The Morgan fingerprint density at radius 1 is 1.27 bits per heavy atom. The number of hydrogen-bond donors (Lipinski definition) is 1. The van der Waals surface area contributed by atoms with Gasteiger partial charge in [-0.3, -0.25) is 0 Å². The lowest BCUT2D eigenvalue weighted by molar-refractivity contribution is 0.143. The molecule has 0 radical (unpaired) electrons. The second kappa shape index (κ2) is 6.49. The topological polar surface area (TPSA) is 24.5 Å². The van der Waals surface area contributed by atoms with Crippen LogP contribution in [0.5, 0.6) is 5.75 Å². The summed E-state index contributed by atoms with van der Waals surface area (Å²) in [6.45, 7) is 11.2. The summed E-state index contributed by atoms with van der Waals surface area (Å²) in [6.07, 6.45) is 4.04. The van der Waals surface area contributed by atoms with Crippen LogP contribution < -0.4 is 15.0 Å². The summed E-state index contributed by atoms with van der Waals surface area (Å²) < 4.78 is 6.24. The SMILES string of the molecule is CC(C)C1CN(C(C)C)c2cc(CC3CCCN3)ccc2O1. The number of fused-ring (bicyclic) bond motifs is 1. The summed E-state index contributed by atoms with van der Waals surface area (Å²) in [4.78, 5) is 2.51. The lowest BCUT2D eigenvalue weighted by Gasteiger charge is -2.40. The molecule has 0 spiro atoms. The Labute approximate surface area is 135 Å². The first-order valence-electron chi connectivity index (χ1n) is 8.84. The zero-order valence-electron chi connectivity index (χ0n) is 14.4. The minimum atomic E-state index is 0.289. The normalized spacial score (nSPS) is 24.7. The Morgan fingerprint density at radius 3 is 2.73 bits per heavy atom. The van der Waals surface area contributed by atoms with E-state index in [1.54, 1.807) is 0 Å². The quantitative estimate of drug-likeness (QED) is 0.919. The van der Waals surface area contributed by atoms with E-state index in [1.807, 2.05) is 0 Å². The fourth-order valence-corrected chi connectivity index (χ4v) is 3.56. The third kappa shape index (κ3) is 3.24. The van der Waals surface area contributed by atoms with Crippen molar-refractivity contribution in [2.24, 2.45) is 5.92 Å². The van der Waals surface area contributed by atoms with Crippen LogP contribution in [0, 0.1) is 5.92 Å². The molecule has 0 aromatic heterocycles. The summed E-state index contributed by atoms with van der Waals surface area (Å²) in [5, 5.41) is 3.60. The van der Waals surface area contributed by atoms with Crippen molar-refractivity contribution >= 4 is 5.69 Å². The van der Waals surface area contributed by atoms with E-state index >= 15 is 0 Å². The van der Waals surface area contributed by atoms with Gasteiger partial charge in [0, 0.05) is 12.1 Å². The standard InChI is InChI=1S/C19H30N2O/c1-13(2)19-12-21(14(3)4)17-11-15(7-8-18(17)22-19)10-16-6-5-9-20-16/h7-8,11,13-14,16,19-20H,5-6,9-10,12H2,1-4H3. The highest BCUT2D eigenvalue weighted by molar-refractivity contribution is 5.62. The molecule has 2 unspecified atom stereocenters. The molecule has 3 rings (SSSR count). The van der Waals surface area contributed by atoms with Crippen molar-refractivity contribution in [3.63, 3.8) is 0 Å². The van der Waals surface area contributed by atoms with E-state index in [-0.39, 0.29) is 6.10 Å². The molecule has 2 aliphatic heterocycles. The first-order chi connectivity index (χ1) is 10.5. The lowest BCUT2D eigenvalue weighted by Crippen LogP contribution is -2.45. The summed E-state index contributed by atoms with van der Waals surface area (Å²) in [7, 11) is 0. The Balaban J connectivity index is 1.84. The molecule has 2 heterocycles. The van der Waals surface area contributed by atoms with Crippen molar-refractivity contribution in [1.29, 1.82) is 0 Å². The molecule has 2 atom stereocenters. The van der Waals surface area contributed by atoms with Crippen LogP contribution in [0.4, 0.5) is 5.69 Å². The van der Waals surface area contributed by atoms with Crippen LogP contribution in [0.2, 0.25) is 0 Å². The van der Waals surface area contributed by atoms with Crippen LogP contribution in [0.15, 0.2) is 18.2 Å². The predicted molar refractivity (Wildman–Crippen MR) is 92.9 cm³/mol. The van der Waals surface area contributed by atoms with Gasteiger partial charge in [-0.1, -0.05) is 19.9 Å². The maximum absolute atomic E-state index is 6.24. The van der Waals surface area contributed by atoms with Gasteiger partial charge in [-0.25, -0.2) is 0 Å². The summed E-state index contributed by atoms with van der Waals surface area (Å²) in [6, 6.07) is 7.94. The molecule has 0 saturated carbocycles. The van der Waals surface area contributed by atoms with Crippen molar-refractivity contribution in [3.05, 3.63) is 23.8 Å². The number of hydrogen-bond acceptors (Lipinski definition) is 3. The Kier molecular flexibility index (Phi) is 4.62. The second-order valence-electron chi connectivity index (χ2n) is 7.45. The number of nitrogens with zero attached hydrogens (tertiary/aromatic N) is 1. The van der Waals surface area contributed by atoms with Crippen LogP contribution >= 0.6 is 0 Å². The predicted octanol–water partition coefficient (Wildman–Crippen LogP) is 3.61. The van der Waals surface area contributed by atoms with Crippen LogP contribution in [-0.2, 0) is 6.42 Å². The van der Waals surface area contributed by atoms with Gasteiger partial charge in [0.2, 0.25) is 0 Å². The number of benzene rings is 1. The number of rotatable bonds is 4. The largest absolute Gasteiger partial charge is 0.486 e. The molecule has 1 aromatic rings. The number of nitrogens with one attached hydrogen (secondary N) is 1. The van der Waals surface area contributed by atoms with Crippen molar-refractivity contribution in [3.8, 4) is 5.75 Å². The second-order valence-corrected chi connectivity index (χ2v) is 7.45. The van der Waals surface area contributed by atoms with Gasteiger partial charge in [-0.15, -0.1) is 0 Å². The highest BCUT2D eigenvalue weighted by atomic mass is 16.5. The molecule has 0 amide bonds. The minimum absolute atomic E-state index is 0.289. The summed E-state index contributed by atoms with van der Waals surface area (Å²) >= 11 is 0. The van der Waals surface area contributed by atoms with E-state index in [1.165, 1.54) is 30.6 Å². The number of anilines is 1. The third-order valence-electron chi connectivity index (χ3n) is 5.00. The molecule has 1 saturated heterocycles. The zero-order chi connectivity index (χ0) is 15.7. The molecule has 3 nitrogen and oxygen atoms in total. The van der Waals surface area contributed by atoms with Gasteiger partial charge >= 0.3 is 0 Å². The first-order valence-corrected chi connectivity index (χ1v) is 8.84. The van der Waals surface area contributed by atoms with Crippen molar-refractivity contribution in [2.45, 2.75) is 65.1 Å². The molecule has 2 aliphatic rings. The van der Waals surface area contributed by atoms with E-state index in [0.717, 1.165) is 18.7 Å². The van der Waals surface area contributed by atoms with Crippen LogP contribution in [0.3, 0.4) is 0 Å². The average molecular weight is 302 g/mol. The summed E-state index contributed by atoms with van der Waals surface area (Å²) in [5.74, 6) is 1.60. The van der Waals surface area contributed by atoms with Gasteiger partial charge in [-0.05, 0) is 63.3 Å². The third-order valence-corrected chi connectivity index (χ3v) is 5.00. The van der Waals surface area contributed by atoms with Gasteiger partial charge in [0.15, 0.2) is 0 Å². The van der Waals surface area contributed by atoms with Crippen molar-refractivity contribution < 1.29 is 4.74 Å². The van der Waals surface area contributed by atoms with Gasteiger partial charge in [0.05, 0.1) is 12.2 Å². The van der Waals surface area contributed by atoms with Crippen LogP contribution in [0.1, 0.15) is 46.1 Å². The maximum atomic E-state index is 6.24. The molecular weight excluding hydrogens is 272 g/mol. The Hall–Kier alpha value is -1.22. The molecule has 1 aromatic carbocycles. The Morgan fingerprint density at radius 2 is 2.09 bits per heavy atom. The molecule has 0 aliphatic carbocycles. The van der Waals surface area contributed by atoms with Gasteiger partial charge in [0.25, 0.3) is 0 Å². The maximum Gasteiger partial charge on any atom is 0.143 e. The minimum Gasteiger partial charge on any atom is -0.486 e. The van der Waals surface area contributed by atoms with Crippen LogP contribution in [0.25, 0.3) is 0 Å². The zero-order valence-corrected chi connectivity index (χ0v) is 14.4. The van der Waals surface area contributed by atoms with E-state index in [9.17, 15) is 0 Å². The van der Waals surface area contributed by atoms with E-state index in [4.69, 9.17) is 4.74 Å². The summed E-state index contributed by atoms with van der Waals surface area (Å²) in [5.41, 5.74) is 2.71. The molecule has 22 heavy (non-hydrogen) atoms. The van der Waals surface area contributed by atoms with Crippen molar-refractivity contribution in [1.82, 2.24) is 5.32 Å². The smallest absolute Gasteiger partial charge is 0.143 e. The fraction of sp³-hybridized carbons (Fsp3) is 0.684. The Bertz CT molecular complexity index is 506. The van der Waals surface area contributed by atoms with Gasteiger partial charge in [-0.2, -0.15) is 0 Å². The molecule has 3 heteroatoms. The monoisotopic (exact) mass is 302 g/mol. The number of ether oxygens (including phenoxy) is 1. The first kappa shape index (κ1) is 15.7. The highest BCUT2D eigenvalue weighted by Crippen LogP contribution is 2.37. The van der Waals surface area contributed by atoms with Crippen molar-refractivity contribution in [2.75, 3.05) is 18.0 Å². The molecular formula is C19H30N2O. The molecule has 0 bridgehead atoms. The van der Waals surface area contributed by atoms with Crippen LogP contribution in [-0.4, -0.2) is 31.3 Å². The fourth-order valence-electron chi connectivity index (χ4n) is 3.56. The lowest BCUT2D eigenvalue weighted by atomic mass is 10.00. The van der Waals surface area contributed by atoms with E-state index in [2.05, 4.69) is 56.1 Å². The van der Waals surface area contributed by atoms with E-state index in [0.29, 0.717) is 18.0 Å². The molecule has 122 valence electrons. The highest BCUT2D eigenvalue weighted by Gasteiger charge is 2.29. The molecule has 1 N–H and O–H groups in total. The average Bonchev–Trinajstić information content (AvgIpc) is 2.98. The van der Waals surface area contributed by atoms with Gasteiger partial charge in [0.1, 0.15) is 11.9 Å². The molecule has 1 fully saturated rings. The van der Waals surface area contributed by atoms with E-state index < -0.39 is 0 Å².